The number of rotatable bonds is 4. The Bertz CT molecular complexity index is 418. The molecular weight excluding hydrogens is 244 g/mol. The molecule has 3 N–H and O–H groups in total. The highest BCUT2D eigenvalue weighted by Gasteiger charge is 2.09. The summed E-state index contributed by atoms with van der Waals surface area (Å²) >= 11 is 1.22. The average molecular weight is 258 g/mol. The van der Waals surface area contributed by atoms with Crippen molar-refractivity contribution in [2.75, 3.05) is 5.75 Å². The second kappa shape index (κ2) is 6.26. The Morgan fingerprint density at radius 3 is 2.76 bits per heavy atom. The van der Waals surface area contributed by atoms with E-state index in [-0.39, 0.29) is 24.2 Å². The fourth-order valence-corrected chi connectivity index (χ4v) is 1.80. The lowest BCUT2D eigenvalue weighted by Crippen LogP contribution is -2.41. The summed E-state index contributed by atoms with van der Waals surface area (Å²) in [5.74, 6) is -0.516. The molecule has 1 rings (SSSR count). The van der Waals surface area contributed by atoms with Gasteiger partial charge in [-0.05, 0) is 0 Å². The molecule has 94 valence electrons. The van der Waals surface area contributed by atoms with Crippen LogP contribution in [-0.2, 0) is 23.2 Å². The minimum Gasteiger partial charge on any atom is -0.390 e. The van der Waals surface area contributed by atoms with Gasteiger partial charge in [0, 0.05) is 14.0 Å². The van der Waals surface area contributed by atoms with E-state index in [4.69, 9.17) is 5.11 Å². The first-order valence-electron chi connectivity index (χ1n) is 4.84. The number of thioether (sulfide) groups is 1. The Balaban J connectivity index is 2.42. The van der Waals surface area contributed by atoms with E-state index in [0.29, 0.717) is 10.9 Å². The maximum Gasteiger partial charge on any atom is 0.248 e. The number of carbonyl (C=O) groups is 2. The zero-order chi connectivity index (χ0) is 12.8. The Morgan fingerprint density at radius 2 is 2.24 bits per heavy atom. The van der Waals surface area contributed by atoms with Crippen molar-refractivity contribution >= 4 is 23.6 Å². The van der Waals surface area contributed by atoms with Crippen LogP contribution in [-0.4, -0.2) is 32.2 Å². The standard InChI is InChI=1S/C9H14N4O3S/c1-6(15)11-12-8(16)5-17-9-10-3-7(4-14)13(9)2/h3,14H,4-5H2,1-2H3,(H,11,15)(H,12,16). The molecule has 0 atom stereocenters. The van der Waals surface area contributed by atoms with E-state index in [1.54, 1.807) is 17.8 Å². The third-order valence-corrected chi connectivity index (χ3v) is 2.96. The average Bonchev–Trinajstić information content (AvgIpc) is 2.64. The van der Waals surface area contributed by atoms with Crippen molar-refractivity contribution in [1.29, 1.82) is 0 Å². The second-order valence-corrected chi connectivity index (χ2v) is 4.21. The molecule has 0 aliphatic rings. The summed E-state index contributed by atoms with van der Waals surface area (Å²) in [6.07, 6.45) is 1.55. The Labute approximate surface area is 103 Å². The van der Waals surface area contributed by atoms with Gasteiger partial charge in [0.1, 0.15) is 0 Å². The molecule has 1 aromatic heterocycles. The number of imidazole rings is 1. The van der Waals surface area contributed by atoms with Gasteiger partial charge in [0.05, 0.1) is 24.3 Å². The van der Waals surface area contributed by atoms with E-state index < -0.39 is 0 Å². The third-order valence-electron chi connectivity index (χ3n) is 1.91. The highest BCUT2D eigenvalue weighted by Crippen LogP contribution is 2.16. The number of carbonyl (C=O) groups excluding carboxylic acids is 2. The van der Waals surface area contributed by atoms with Crippen molar-refractivity contribution in [2.24, 2.45) is 7.05 Å². The maximum absolute atomic E-state index is 11.3. The van der Waals surface area contributed by atoms with Crippen molar-refractivity contribution in [3.63, 3.8) is 0 Å². The first-order valence-corrected chi connectivity index (χ1v) is 5.82. The fourth-order valence-electron chi connectivity index (χ4n) is 1.03. The van der Waals surface area contributed by atoms with Crippen LogP contribution in [0, 0.1) is 0 Å². The van der Waals surface area contributed by atoms with Crippen LogP contribution in [0.1, 0.15) is 12.6 Å². The van der Waals surface area contributed by atoms with E-state index in [1.807, 2.05) is 0 Å². The van der Waals surface area contributed by atoms with Gasteiger partial charge in [0.15, 0.2) is 5.16 Å². The molecular formula is C9H14N4O3S. The SMILES string of the molecule is CC(=O)NNC(=O)CSc1ncc(CO)n1C. The summed E-state index contributed by atoms with van der Waals surface area (Å²) < 4.78 is 1.70. The van der Waals surface area contributed by atoms with Crippen LogP contribution in [0.25, 0.3) is 0 Å². The van der Waals surface area contributed by atoms with E-state index in [9.17, 15) is 9.59 Å². The molecule has 7 nitrogen and oxygen atoms in total. The number of nitrogens with zero attached hydrogens (tertiary/aromatic N) is 2. The number of nitrogens with one attached hydrogen (secondary N) is 2. The molecule has 8 heteroatoms. The molecule has 0 bridgehead atoms. The van der Waals surface area contributed by atoms with Gasteiger partial charge in [-0.3, -0.25) is 20.4 Å². The second-order valence-electron chi connectivity index (χ2n) is 3.27. The summed E-state index contributed by atoms with van der Waals surface area (Å²) in [6, 6.07) is 0. The van der Waals surface area contributed by atoms with Crippen molar-refractivity contribution in [1.82, 2.24) is 20.4 Å². The number of amides is 2. The van der Waals surface area contributed by atoms with Crippen molar-refractivity contribution in [3.8, 4) is 0 Å². The Morgan fingerprint density at radius 1 is 1.53 bits per heavy atom. The molecule has 0 radical (unpaired) electrons. The topological polar surface area (TPSA) is 96.2 Å². The normalized spacial score (nSPS) is 10.1. The molecule has 0 unspecified atom stereocenters. The number of hydrazine groups is 1. The summed E-state index contributed by atoms with van der Waals surface area (Å²) in [5.41, 5.74) is 5.12. The predicted molar refractivity (Wildman–Crippen MR) is 61.8 cm³/mol. The fraction of sp³-hybridized carbons (Fsp3) is 0.444. The van der Waals surface area contributed by atoms with Gasteiger partial charge in [-0.2, -0.15) is 0 Å². The maximum atomic E-state index is 11.3. The number of hydrogen-bond donors (Lipinski definition) is 3. The van der Waals surface area contributed by atoms with E-state index in [1.165, 1.54) is 18.7 Å². The summed E-state index contributed by atoms with van der Waals surface area (Å²) in [4.78, 5) is 25.9. The summed E-state index contributed by atoms with van der Waals surface area (Å²) in [5, 5.41) is 9.59. The van der Waals surface area contributed by atoms with E-state index >= 15 is 0 Å². The smallest absolute Gasteiger partial charge is 0.248 e. The molecule has 0 aliphatic heterocycles. The van der Waals surface area contributed by atoms with Crippen LogP contribution in [0.4, 0.5) is 0 Å². The highest BCUT2D eigenvalue weighted by atomic mass is 32.2. The number of hydrogen-bond acceptors (Lipinski definition) is 5. The minimum atomic E-state index is -0.331. The van der Waals surface area contributed by atoms with Crippen LogP contribution in [0.15, 0.2) is 11.4 Å². The lowest BCUT2D eigenvalue weighted by atomic mass is 10.5. The van der Waals surface area contributed by atoms with E-state index in [2.05, 4.69) is 15.8 Å². The van der Waals surface area contributed by atoms with E-state index in [0.717, 1.165) is 0 Å². The lowest BCUT2D eigenvalue weighted by molar-refractivity contribution is -0.126. The van der Waals surface area contributed by atoms with Crippen LogP contribution in [0.2, 0.25) is 0 Å². The first kappa shape index (κ1) is 13.5. The van der Waals surface area contributed by atoms with Gasteiger partial charge in [-0.25, -0.2) is 4.98 Å². The molecule has 0 saturated carbocycles. The van der Waals surface area contributed by atoms with Gasteiger partial charge in [-0.1, -0.05) is 11.8 Å². The Hall–Kier alpha value is -1.54. The molecule has 0 aromatic carbocycles. The van der Waals surface area contributed by atoms with Crippen molar-refractivity contribution < 1.29 is 14.7 Å². The highest BCUT2D eigenvalue weighted by molar-refractivity contribution is 7.99. The monoisotopic (exact) mass is 258 g/mol. The quantitative estimate of drug-likeness (QED) is 0.484. The van der Waals surface area contributed by atoms with Gasteiger partial charge in [-0.15, -0.1) is 0 Å². The molecule has 1 aromatic rings. The van der Waals surface area contributed by atoms with Crippen LogP contribution < -0.4 is 10.9 Å². The van der Waals surface area contributed by atoms with Crippen molar-refractivity contribution in [3.05, 3.63) is 11.9 Å². The van der Waals surface area contributed by atoms with Crippen LogP contribution in [0.5, 0.6) is 0 Å². The number of aliphatic hydroxyl groups excluding tert-OH is 1. The molecule has 0 fully saturated rings. The molecule has 0 saturated heterocycles. The van der Waals surface area contributed by atoms with Gasteiger partial charge in [0.25, 0.3) is 0 Å². The molecule has 2 amide bonds. The van der Waals surface area contributed by atoms with Crippen molar-refractivity contribution in [2.45, 2.75) is 18.7 Å². The number of aliphatic hydroxyl groups is 1. The largest absolute Gasteiger partial charge is 0.390 e. The first-order chi connectivity index (χ1) is 8.04. The molecule has 1 heterocycles. The lowest BCUT2D eigenvalue weighted by Gasteiger charge is -2.05. The van der Waals surface area contributed by atoms with Crippen LogP contribution >= 0.6 is 11.8 Å². The summed E-state index contributed by atoms with van der Waals surface area (Å²) in [7, 11) is 1.76. The number of aromatic nitrogens is 2. The van der Waals surface area contributed by atoms with Gasteiger partial charge < -0.3 is 9.67 Å². The zero-order valence-corrected chi connectivity index (χ0v) is 10.4. The molecule has 0 spiro atoms. The summed E-state index contributed by atoms with van der Waals surface area (Å²) in [6.45, 7) is 1.21. The Kier molecular flexibility index (Phi) is 4.98. The van der Waals surface area contributed by atoms with Gasteiger partial charge >= 0.3 is 0 Å². The van der Waals surface area contributed by atoms with Crippen LogP contribution in [0.3, 0.4) is 0 Å². The molecule has 17 heavy (non-hydrogen) atoms. The zero-order valence-electron chi connectivity index (χ0n) is 9.56. The predicted octanol–water partition coefficient (Wildman–Crippen LogP) is -0.828. The third kappa shape index (κ3) is 4.08. The molecule has 0 aliphatic carbocycles. The van der Waals surface area contributed by atoms with Gasteiger partial charge in [0.2, 0.25) is 11.8 Å². The minimum absolute atomic E-state index is 0.0951.